The third-order valence-corrected chi connectivity index (χ3v) is 1.33. The molecule has 4 nitrogen and oxygen atoms in total. The maximum Gasteiger partial charge on any atom is 0.349 e. The Morgan fingerprint density at radius 1 is 1.46 bits per heavy atom. The van der Waals surface area contributed by atoms with E-state index in [1.165, 1.54) is 18.2 Å². The number of hydrogen-bond donors (Lipinski definition) is 1. The van der Waals surface area contributed by atoms with E-state index in [0.29, 0.717) is 0 Å². The van der Waals surface area contributed by atoms with Crippen LogP contribution in [0.4, 0.5) is 0 Å². The van der Waals surface area contributed by atoms with Gasteiger partial charge in [0.05, 0.1) is 0 Å². The molecule has 0 amide bonds. The van der Waals surface area contributed by atoms with Crippen molar-refractivity contribution in [2.45, 2.75) is 6.90 Å². The van der Waals surface area contributed by atoms with Crippen molar-refractivity contribution in [3.63, 3.8) is 0 Å². The second kappa shape index (κ2) is 3.71. The normalized spacial score (nSPS) is 10.3. The smallest absolute Gasteiger partial charge is 0.349 e. The first-order chi connectivity index (χ1) is 6.65. The van der Waals surface area contributed by atoms with Crippen LogP contribution in [0.1, 0.15) is 18.6 Å². The Bertz CT molecular complexity index is 362. The molecule has 0 saturated heterocycles. The Balaban J connectivity index is 2.80. The highest BCUT2D eigenvalue weighted by atomic mass is 16.6. The van der Waals surface area contributed by atoms with Crippen LogP contribution in [0.3, 0.4) is 0 Å². The summed E-state index contributed by atoms with van der Waals surface area (Å²) in [4.78, 5) is 21.7. The lowest BCUT2D eigenvalue weighted by Gasteiger charge is -2.01. The van der Waals surface area contributed by atoms with Crippen molar-refractivity contribution < 1.29 is 20.8 Å². The first-order valence-electron chi connectivity index (χ1n) is 4.18. The first-order valence-corrected chi connectivity index (χ1v) is 3.47. The van der Waals surface area contributed by atoms with Crippen LogP contribution < -0.4 is 0 Å². The van der Waals surface area contributed by atoms with Crippen molar-refractivity contribution in [2.75, 3.05) is 0 Å². The summed E-state index contributed by atoms with van der Waals surface area (Å²) in [7, 11) is 0. The number of phenols is 1. The number of hydrogen-bond acceptors (Lipinski definition) is 4. The van der Waals surface area contributed by atoms with Gasteiger partial charge in [0.25, 0.3) is 0 Å². The summed E-state index contributed by atoms with van der Waals surface area (Å²) >= 11 is 0. The van der Waals surface area contributed by atoms with Crippen LogP contribution in [-0.4, -0.2) is 17.0 Å². The van der Waals surface area contributed by atoms with Gasteiger partial charge in [-0.25, -0.2) is 4.79 Å². The molecule has 1 aromatic rings. The van der Waals surface area contributed by atoms with E-state index in [1.54, 1.807) is 6.07 Å². The molecule has 4 heteroatoms. The number of phenolic OH excluding ortho intramolecular Hbond substituents is 1. The highest BCUT2D eigenvalue weighted by molar-refractivity contribution is 5.98. The van der Waals surface area contributed by atoms with Crippen molar-refractivity contribution >= 4 is 11.9 Å². The molecule has 1 rings (SSSR count). The highest BCUT2D eigenvalue weighted by Crippen LogP contribution is 2.16. The maximum atomic E-state index is 11.1. The van der Waals surface area contributed by atoms with Gasteiger partial charge in [0, 0.05) is 8.27 Å². The fourth-order valence-corrected chi connectivity index (χ4v) is 0.805. The van der Waals surface area contributed by atoms with Gasteiger partial charge in [-0.2, -0.15) is 0 Å². The van der Waals surface area contributed by atoms with Gasteiger partial charge in [-0.15, -0.1) is 0 Å². The number of benzene rings is 1. The lowest BCUT2D eigenvalue weighted by atomic mass is 10.2. The van der Waals surface area contributed by atoms with E-state index in [9.17, 15) is 14.7 Å². The molecule has 68 valence electrons. The lowest BCUT2D eigenvalue weighted by Crippen LogP contribution is -2.09. The number of rotatable bonds is 1. The molecule has 1 aromatic carbocycles. The Kier molecular flexibility index (Phi) is 2.22. The number of carbonyl (C=O) groups excluding carboxylic acids is 2. The van der Waals surface area contributed by atoms with Crippen molar-refractivity contribution in [3.05, 3.63) is 29.8 Å². The van der Waals surface area contributed by atoms with Crippen LogP contribution in [-0.2, 0) is 9.53 Å². The molecule has 0 unspecified atom stereocenters. The molecule has 0 aliphatic rings. The van der Waals surface area contributed by atoms with E-state index in [4.69, 9.17) is 1.37 Å². The van der Waals surface area contributed by atoms with Gasteiger partial charge in [-0.1, -0.05) is 12.1 Å². The first kappa shape index (κ1) is 7.79. The van der Waals surface area contributed by atoms with Crippen molar-refractivity contribution in [1.29, 1.82) is 0 Å². The van der Waals surface area contributed by atoms with Crippen molar-refractivity contribution in [2.24, 2.45) is 0 Å². The largest absolute Gasteiger partial charge is 0.507 e. The second-order valence-electron chi connectivity index (χ2n) is 2.28. The lowest BCUT2D eigenvalue weighted by molar-refractivity contribution is -0.135. The maximum absolute atomic E-state index is 11.1. The fraction of sp³-hybridized carbons (Fsp3) is 0.111. The zero-order chi connectivity index (χ0) is 10.6. The van der Waals surface area contributed by atoms with Crippen LogP contribution in [0.25, 0.3) is 0 Å². The molecule has 0 saturated carbocycles. The predicted octanol–water partition coefficient (Wildman–Crippen LogP) is 1.10. The molecule has 0 aromatic heterocycles. The van der Waals surface area contributed by atoms with Crippen LogP contribution in [0.5, 0.6) is 5.75 Å². The highest BCUT2D eigenvalue weighted by Gasteiger charge is 2.12. The topological polar surface area (TPSA) is 63.6 Å². The average molecular weight is 181 g/mol. The zero-order valence-electron chi connectivity index (χ0n) is 7.69. The molecule has 13 heavy (non-hydrogen) atoms. The van der Waals surface area contributed by atoms with E-state index < -0.39 is 18.8 Å². The Hall–Kier alpha value is -1.84. The quantitative estimate of drug-likeness (QED) is 0.520. The molecule has 0 atom stereocenters. The zero-order valence-corrected chi connectivity index (χ0v) is 6.69. The van der Waals surface area contributed by atoms with E-state index in [-0.39, 0.29) is 11.3 Å². The molecule has 0 fully saturated rings. The minimum absolute atomic E-state index is 0.0886. The standard InChI is InChI=1S/C9H8O4/c1-6(10)13-9(12)7-4-2-3-5-8(7)11/h2-5,11H,1H3/i1D. The number of para-hydroxylation sites is 1. The van der Waals surface area contributed by atoms with E-state index in [1.807, 2.05) is 0 Å². The number of aromatic hydroxyl groups is 1. The van der Waals surface area contributed by atoms with Crippen LogP contribution in [0.2, 0.25) is 0 Å². The monoisotopic (exact) mass is 181 g/mol. The summed E-state index contributed by atoms with van der Waals surface area (Å²) in [5, 5.41) is 9.21. The Labute approximate surface area is 76.2 Å². The molecule has 0 radical (unpaired) electrons. The van der Waals surface area contributed by atoms with Crippen molar-refractivity contribution in [3.8, 4) is 5.75 Å². The van der Waals surface area contributed by atoms with Gasteiger partial charge >= 0.3 is 11.9 Å². The van der Waals surface area contributed by atoms with Crippen LogP contribution in [0.15, 0.2) is 24.3 Å². The number of esters is 2. The fourth-order valence-electron chi connectivity index (χ4n) is 0.805. The van der Waals surface area contributed by atoms with Gasteiger partial charge in [-0.05, 0) is 12.1 Å². The molecule has 0 spiro atoms. The minimum Gasteiger partial charge on any atom is -0.507 e. The average Bonchev–Trinajstić information content (AvgIpc) is 2.18. The Morgan fingerprint density at radius 3 is 2.77 bits per heavy atom. The summed E-state index contributed by atoms with van der Waals surface area (Å²) < 4.78 is 10.9. The second-order valence-corrected chi connectivity index (χ2v) is 2.28. The molecule has 0 heterocycles. The van der Waals surface area contributed by atoms with Crippen LogP contribution >= 0.6 is 0 Å². The molecular weight excluding hydrogens is 172 g/mol. The molecule has 0 aliphatic heterocycles. The minimum atomic E-state index is -0.946. The summed E-state index contributed by atoms with van der Waals surface area (Å²) in [6.45, 7) is -0.626. The molecule has 1 N–H and O–H groups in total. The van der Waals surface area contributed by atoms with Gasteiger partial charge in [0.15, 0.2) is 0 Å². The van der Waals surface area contributed by atoms with E-state index in [2.05, 4.69) is 4.74 Å². The SMILES string of the molecule is [2H]CC(=O)OC(=O)c1ccccc1O. The van der Waals surface area contributed by atoms with E-state index in [0.717, 1.165) is 0 Å². The van der Waals surface area contributed by atoms with Crippen molar-refractivity contribution in [1.82, 2.24) is 0 Å². The summed E-state index contributed by atoms with van der Waals surface area (Å²) in [5.74, 6) is -2.14. The van der Waals surface area contributed by atoms with Gasteiger partial charge in [-0.3, -0.25) is 4.79 Å². The van der Waals surface area contributed by atoms with Crippen LogP contribution in [0, 0.1) is 0 Å². The summed E-state index contributed by atoms with van der Waals surface area (Å²) in [5.41, 5.74) is -0.0886. The summed E-state index contributed by atoms with van der Waals surface area (Å²) in [6, 6.07) is 5.70. The van der Waals surface area contributed by atoms with Gasteiger partial charge < -0.3 is 9.84 Å². The molecule has 0 bridgehead atoms. The van der Waals surface area contributed by atoms with Gasteiger partial charge in [0.2, 0.25) is 0 Å². The van der Waals surface area contributed by atoms with Gasteiger partial charge in [0.1, 0.15) is 11.3 Å². The third kappa shape index (κ3) is 2.30. The number of ether oxygens (including phenoxy) is 1. The molecule has 0 aliphatic carbocycles. The third-order valence-electron chi connectivity index (χ3n) is 1.33. The Morgan fingerprint density at radius 2 is 2.15 bits per heavy atom. The number of carbonyl (C=O) groups is 2. The summed E-state index contributed by atoms with van der Waals surface area (Å²) in [6.07, 6.45) is 0. The predicted molar refractivity (Wildman–Crippen MR) is 44.2 cm³/mol. The van der Waals surface area contributed by atoms with E-state index >= 15 is 0 Å². The molecular formula is C9H8O4.